The molecule has 1 spiro atoms. The molecule has 164 valence electrons. The molecule has 3 aliphatic heterocycles. The van der Waals surface area contributed by atoms with Crippen molar-refractivity contribution in [2.75, 3.05) is 25.0 Å². The maximum Gasteiger partial charge on any atom is 0.262 e. The largest absolute Gasteiger partial charge is 0.382 e. The Morgan fingerprint density at radius 1 is 1.03 bits per heavy atom. The number of hydrogen-bond acceptors (Lipinski definition) is 7. The predicted molar refractivity (Wildman–Crippen MR) is 111 cm³/mol. The van der Waals surface area contributed by atoms with E-state index in [1.165, 1.54) is 0 Å². The van der Waals surface area contributed by atoms with Gasteiger partial charge in [-0.15, -0.1) is 0 Å². The first-order valence-electron chi connectivity index (χ1n) is 10.9. The quantitative estimate of drug-likeness (QED) is 0.612. The number of piperidine rings is 1. The second-order valence-corrected chi connectivity index (χ2v) is 8.83. The maximum absolute atomic E-state index is 13.0. The van der Waals surface area contributed by atoms with Gasteiger partial charge >= 0.3 is 0 Å². The van der Waals surface area contributed by atoms with E-state index in [-0.39, 0.29) is 30.4 Å². The third kappa shape index (κ3) is 3.61. The van der Waals surface area contributed by atoms with Crippen molar-refractivity contribution in [3.8, 4) is 0 Å². The van der Waals surface area contributed by atoms with Gasteiger partial charge in [-0.1, -0.05) is 0 Å². The summed E-state index contributed by atoms with van der Waals surface area (Å²) < 4.78 is 6.04. The average Bonchev–Trinajstić information content (AvgIpc) is 3.01. The summed E-state index contributed by atoms with van der Waals surface area (Å²) in [6.07, 6.45) is 4.15. The van der Waals surface area contributed by atoms with E-state index in [1.807, 2.05) is 0 Å². The lowest BCUT2D eigenvalue weighted by Gasteiger charge is -2.43. The third-order valence-electron chi connectivity index (χ3n) is 6.84. The summed E-state index contributed by atoms with van der Waals surface area (Å²) in [5.74, 6) is -1.95. The van der Waals surface area contributed by atoms with E-state index in [9.17, 15) is 19.2 Å². The minimum absolute atomic E-state index is 0.0563. The molecule has 0 radical (unpaired) electrons. The lowest BCUT2D eigenvalue weighted by atomic mass is 9.81. The highest BCUT2D eigenvalue weighted by atomic mass is 16.5. The number of benzene rings is 1. The van der Waals surface area contributed by atoms with Gasteiger partial charge < -0.3 is 15.4 Å². The summed E-state index contributed by atoms with van der Waals surface area (Å²) in [5.41, 5.74) is 1.32. The fourth-order valence-electron chi connectivity index (χ4n) is 5.11. The number of carbonyl (C=O) groups excluding carboxylic acids is 4. The number of nitrogens with zero attached hydrogens (tertiary/aromatic N) is 1. The van der Waals surface area contributed by atoms with Crippen LogP contribution in [0.1, 0.15) is 59.2 Å². The Labute approximate surface area is 179 Å². The first-order valence-corrected chi connectivity index (χ1v) is 10.9. The first kappa shape index (κ1) is 20.1. The summed E-state index contributed by atoms with van der Waals surface area (Å²) in [5, 5.41) is 9.13. The molecule has 0 aromatic heterocycles. The summed E-state index contributed by atoms with van der Waals surface area (Å²) in [6.45, 7) is 2.55. The molecule has 1 unspecified atom stereocenters. The molecular formula is C22H26N4O5. The highest BCUT2D eigenvalue weighted by molar-refractivity contribution is 6.23. The molecule has 3 heterocycles. The van der Waals surface area contributed by atoms with Gasteiger partial charge in [0, 0.05) is 31.2 Å². The molecule has 3 N–H and O–H groups in total. The van der Waals surface area contributed by atoms with Crippen LogP contribution in [0.25, 0.3) is 0 Å². The van der Waals surface area contributed by atoms with Crippen LogP contribution < -0.4 is 16.0 Å². The van der Waals surface area contributed by atoms with Crippen LogP contribution in [-0.2, 0) is 14.3 Å². The molecule has 5 rings (SSSR count). The van der Waals surface area contributed by atoms with Crippen molar-refractivity contribution in [1.82, 2.24) is 15.5 Å². The van der Waals surface area contributed by atoms with Crippen LogP contribution in [0, 0.1) is 0 Å². The molecule has 4 aliphatic rings. The minimum atomic E-state index is -0.944. The summed E-state index contributed by atoms with van der Waals surface area (Å²) in [7, 11) is 0. The Bertz CT molecular complexity index is 945. The molecule has 9 nitrogen and oxygen atoms in total. The predicted octanol–water partition coefficient (Wildman–Crippen LogP) is 0.801. The van der Waals surface area contributed by atoms with Crippen LogP contribution in [0.5, 0.6) is 0 Å². The van der Waals surface area contributed by atoms with E-state index >= 15 is 0 Å². The smallest absolute Gasteiger partial charge is 0.262 e. The number of rotatable bonds is 3. The SMILES string of the molecule is O=C1CCC(N2C(=O)c3ccc(NC4CCC5(CC4)CNCCO5)cc3C2=O)C(=O)N1. The normalized spacial score (nSPS) is 31.0. The number of ether oxygens (including phenoxy) is 1. The summed E-state index contributed by atoms with van der Waals surface area (Å²) in [6, 6.07) is 4.47. The zero-order valence-electron chi connectivity index (χ0n) is 17.2. The van der Waals surface area contributed by atoms with Gasteiger partial charge in [0.05, 0.1) is 23.3 Å². The van der Waals surface area contributed by atoms with E-state index in [0.29, 0.717) is 11.1 Å². The van der Waals surface area contributed by atoms with E-state index < -0.39 is 23.8 Å². The van der Waals surface area contributed by atoms with Crippen molar-refractivity contribution < 1.29 is 23.9 Å². The van der Waals surface area contributed by atoms with Gasteiger partial charge in [-0.05, 0) is 50.3 Å². The van der Waals surface area contributed by atoms with Crippen LogP contribution >= 0.6 is 0 Å². The second-order valence-electron chi connectivity index (χ2n) is 8.83. The lowest BCUT2D eigenvalue weighted by molar-refractivity contribution is -0.136. The number of anilines is 1. The number of nitrogens with one attached hydrogen (secondary N) is 3. The van der Waals surface area contributed by atoms with Crippen molar-refractivity contribution in [2.24, 2.45) is 0 Å². The Kier molecular flexibility index (Phi) is 5.02. The molecular weight excluding hydrogens is 400 g/mol. The van der Waals surface area contributed by atoms with Gasteiger partial charge in [0.2, 0.25) is 11.8 Å². The maximum atomic E-state index is 13.0. The zero-order valence-corrected chi connectivity index (χ0v) is 17.2. The molecule has 31 heavy (non-hydrogen) atoms. The molecule has 1 atom stereocenters. The lowest BCUT2D eigenvalue weighted by Crippen LogP contribution is -2.54. The molecule has 4 amide bonds. The van der Waals surface area contributed by atoms with Gasteiger partial charge in [0.25, 0.3) is 11.8 Å². The zero-order chi connectivity index (χ0) is 21.6. The van der Waals surface area contributed by atoms with Crippen LogP contribution in [0.3, 0.4) is 0 Å². The third-order valence-corrected chi connectivity index (χ3v) is 6.84. The van der Waals surface area contributed by atoms with Crippen LogP contribution in [-0.4, -0.2) is 65.9 Å². The molecule has 1 saturated carbocycles. The molecule has 1 aromatic carbocycles. The van der Waals surface area contributed by atoms with Crippen molar-refractivity contribution in [1.29, 1.82) is 0 Å². The average molecular weight is 426 g/mol. The number of hydrogen-bond donors (Lipinski definition) is 3. The molecule has 9 heteroatoms. The Hall–Kier alpha value is -2.78. The Morgan fingerprint density at radius 3 is 2.52 bits per heavy atom. The fraction of sp³-hybridized carbons (Fsp3) is 0.545. The molecule has 0 bridgehead atoms. The standard InChI is InChI=1S/C22H26N4O5/c27-18-4-3-17(19(28)25-18)26-20(29)15-2-1-14(11-16(15)21(26)30)24-13-5-7-22(8-6-13)12-23-9-10-31-22/h1-2,11,13,17,23-24H,3-10,12H2,(H,25,27,28). The van der Waals surface area contributed by atoms with E-state index in [0.717, 1.165) is 56.0 Å². The van der Waals surface area contributed by atoms with Crippen molar-refractivity contribution in [2.45, 2.75) is 56.2 Å². The van der Waals surface area contributed by atoms with Crippen molar-refractivity contribution >= 4 is 29.3 Å². The van der Waals surface area contributed by atoms with Crippen LogP contribution in [0.2, 0.25) is 0 Å². The van der Waals surface area contributed by atoms with Crippen molar-refractivity contribution in [3.05, 3.63) is 29.3 Å². The van der Waals surface area contributed by atoms with Gasteiger partial charge in [-0.3, -0.25) is 29.4 Å². The second kappa shape index (κ2) is 7.72. The highest BCUT2D eigenvalue weighted by Crippen LogP contribution is 2.35. The number of amides is 4. The minimum Gasteiger partial charge on any atom is -0.382 e. The molecule has 2 saturated heterocycles. The van der Waals surface area contributed by atoms with Gasteiger partial charge in [-0.2, -0.15) is 0 Å². The van der Waals surface area contributed by atoms with E-state index in [1.54, 1.807) is 18.2 Å². The van der Waals surface area contributed by atoms with Gasteiger partial charge in [-0.25, -0.2) is 0 Å². The van der Waals surface area contributed by atoms with Gasteiger partial charge in [0.1, 0.15) is 6.04 Å². The summed E-state index contributed by atoms with van der Waals surface area (Å²) in [4.78, 5) is 50.4. The van der Waals surface area contributed by atoms with E-state index in [4.69, 9.17) is 4.74 Å². The molecule has 1 aromatic rings. The number of fused-ring (bicyclic) bond motifs is 1. The van der Waals surface area contributed by atoms with E-state index in [2.05, 4.69) is 16.0 Å². The molecule has 1 aliphatic carbocycles. The number of imide groups is 2. The van der Waals surface area contributed by atoms with Crippen LogP contribution in [0.4, 0.5) is 5.69 Å². The Balaban J connectivity index is 1.27. The monoisotopic (exact) mass is 426 g/mol. The topological polar surface area (TPSA) is 117 Å². The fourth-order valence-corrected chi connectivity index (χ4v) is 5.11. The number of carbonyl (C=O) groups is 4. The first-order chi connectivity index (χ1) is 15.0. The highest BCUT2D eigenvalue weighted by Gasteiger charge is 2.45. The van der Waals surface area contributed by atoms with Crippen molar-refractivity contribution in [3.63, 3.8) is 0 Å². The molecule has 3 fully saturated rings. The van der Waals surface area contributed by atoms with Gasteiger partial charge in [0.15, 0.2) is 0 Å². The summed E-state index contributed by atoms with van der Waals surface area (Å²) >= 11 is 0. The Morgan fingerprint density at radius 2 is 1.81 bits per heavy atom. The number of morpholine rings is 1. The van der Waals surface area contributed by atoms with Crippen LogP contribution in [0.15, 0.2) is 18.2 Å².